The second-order valence-corrected chi connectivity index (χ2v) is 5.43. The van der Waals surface area contributed by atoms with Crippen LogP contribution in [-0.4, -0.2) is 16.8 Å². The molecule has 4 heteroatoms. The van der Waals surface area contributed by atoms with Crippen LogP contribution in [0.2, 0.25) is 5.02 Å². The first kappa shape index (κ1) is 14.5. The highest BCUT2D eigenvalue weighted by molar-refractivity contribution is 9.09. The highest BCUT2D eigenvalue weighted by atomic mass is 79.9. The summed E-state index contributed by atoms with van der Waals surface area (Å²) >= 11 is 9.43. The lowest BCUT2D eigenvalue weighted by Gasteiger charge is -2.27. The van der Waals surface area contributed by atoms with Crippen LogP contribution in [0.1, 0.15) is 36.2 Å². The van der Waals surface area contributed by atoms with E-state index in [4.69, 9.17) is 11.6 Å². The molecule has 94 valence electrons. The van der Waals surface area contributed by atoms with Gasteiger partial charge in [-0.05, 0) is 38.0 Å². The minimum Gasteiger partial charge on any atom is -0.346 e. The Morgan fingerprint density at radius 1 is 1.53 bits per heavy atom. The Bertz CT molecular complexity index is 416. The molecule has 0 aromatic heterocycles. The summed E-state index contributed by atoms with van der Waals surface area (Å²) in [5.41, 5.74) is 1.34. The number of hydrogen-bond donors (Lipinski definition) is 1. The van der Waals surface area contributed by atoms with Crippen molar-refractivity contribution in [2.45, 2.75) is 32.7 Å². The predicted molar refractivity (Wildman–Crippen MR) is 76.1 cm³/mol. The van der Waals surface area contributed by atoms with Gasteiger partial charge in [-0.1, -0.05) is 40.5 Å². The molecular weight excluding hydrogens is 302 g/mol. The zero-order valence-electron chi connectivity index (χ0n) is 10.3. The number of alkyl halides is 1. The van der Waals surface area contributed by atoms with Crippen LogP contribution in [0.4, 0.5) is 0 Å². The van der Waals surface area contributed by atoms with Gasteiger partial charge in [-0.2, -0.15) is 0 Å². The quantitative estimate of drug-likeness (QED) is 0.837. The lowest BCUT2D eigenvalue weighted by atomic mass is 10.0. The summed E-state index contributed by atoms with van der Waals surface area (Å²) in [5, 5.41) is 4.36. The summed E-state index contributed by atoms with van der Waals surface area (Å²) in [6.07, 6.45) is 0.865. The maximum atomic E-state index is 12.1. The molecule has 1 unspecified atom stereocenters. The molecule has 0 aliphatic heterocycles. The molecule has 0 saturated heterocycles. The van der Waals surface area contributed by atoms with Gasteiger partial charge in [0.2, 0.25) is 0 Å². The van der Waals surface area contributed by atoms with Gasteiger partial charge >= 0.3 is 0 Å². The van der Waals surface area contributed by atoms with Crippen LogP contribution >= 0.6 is 27.5 Å². The van der Waals surface area contributed by atoms with E-state index in [-0.39, 0.29) is 11.4 Å². The molecule has 0 aliphatic carbocycles. The molecule has 0 aliphatic rings. The Hall–Kier alpha value is -0.540. The minimum atomic E-state index is -0.228. The third-order valence-corrected chi connectivity index (χ3v) is 4.57. The number of nitrogens with one attached hydrogen (secondary N) is 1. The molecule has 0 fully saturated rings. The maximum absolute atomic E-state index is 12.1. The smallest absolute Gasteiger partial charge is 0.251 e. The molecule has 0 heterocycles. The second kappa shape index (κ2) is 5.87. The van der Waals surface area contributed by atoms with Crippen LogP contribution in [0.25, 0.3) is 0 Å². The van der Waals surface area contributed by atoms with Crippen LogP contribution in [0.5, 0.6) is 0 Å². The van der Waals surface area contributed by atoms with Crippen LogP contribution in [0, 0.1) is 6.92 Å². The van der Waals surface area contributed by atoms with Crippen LogP contribution in [0.3, 0.4) is 0 Å². The number of aryl methyl sites for hydroxylation is 1. The first-order valence-electron chi connectivity index (χ1n) is 5.56. The molecule has 0 bridgehead atoms. The van der Waals surface area contributed by atoms with Gasteiger partial charge in [-0.3, -0.25) is 4.79 Å². The number of hydrogen-bond acceptors (Lipinski definition) is 1. The van der Waals surface area contributed by atoms with E-state index in [0.29, 0.717) is 10.6 Å². The van der Waals surface area contributed by atoms with Gasteiger partial charge < -0.3 is 5.32 Å². The summed E-state index contributed by atoms with van der Waals surface area (Å²) < 4.78 is 0. The van der Waals surface area contributed by atoms with E-state index >= 15 is 0 Å². The number of rotatable bonds is 4. The van der Waals surface area contributed by atoms with Gasteiger partial charge in [0.25, 0.3) is 5.91 Å². The molecule has 0 radical (unpaired) electrons. The molecule has 1 rings (SSSR count). The molecule has 1 aromatic carbocycles. The van der Waals surface area contributed by atoms with Crippen LogP contribution in [-0.2, 0) is 0 Å². The van der Waals surface area contributed by atoms with Crippen molar-refractivity contribution in [1.29, 1.82) is 0 Å². The maximum Gasteiger partial charge on any atom is 0.251 e. The van der Waals surface area contributed by atoms with Gasteiger partial charge in [0.05, 0.1) is 0 Å². The molecule has 0 spiro atoms. The monoisotopic (exact) mass is 317 g/mol. The largest absolute Gasteiger partial charge is 0.346 e. The van der Waals surface area contributed by atoms with Gasteiger partial charge in [0.1, 0.15) is 0 Å². The van der Waals surface area contributed by atoms with E-state index in [1.807, 2.05) is 26.8 Å². The predicted octanol–water partition coefficient (Wildman–Crippen LogP) is 3.94. The van der Waals surface area contributed by atoms with Crippen LogP contribution in [0.15, 0.2) is 18.2 Å². The Morgan fingerprint density at radius 2 is 2.18 bits per heavy atom. The van der Waals surface area contributed by atoms with Gasteiger partial charge in [-0.15, -0.1) is 0 Å². The summed E-state index contributed by atoms with van der Waals surface area (Å²) in [5.74, 6) is -0.0873. The third-order valence-electron chi connectivity index (χ3n) is 2.92. The molecule has 0 saturated carbocycles. The number of carbonyl (C=O) groups excluding carboxylic acids is 1. The molecule has 1 atom stereocenters. The average Bonchev–Trinajstić information content (AvgIpc) is 2.32. The van der Waals surface area contributed by atoms with Crippen molar-refractivity contribution in [3.8, 4) is 0 Å². The molecule has 2 nitrogen and oxygen atoms in total. The van der Waals surface area contributed by atoms with E-state index in [1.54, 1.807) is 12.1 Å². The van der Waals surface area contributed by atoms with Gasteiger partial charge in [0, 0.05) is 21.5 Å². The number of halogens is 2. The van der Waals surface area contributed by atoms with E-state index in [0.717, 1.165) is 17.3 Å². The van der Waals surface area contributed by atoms with Crippen molar-refractivity contribution < 1.29 is 4.79 Å². The number of amides is 1. The van der Waals surface area contributed by atoms with Crippen molar-refractivity contribution in [3.63, 3.8) is 0 Å². The number of benzene rings is 1. The normalized spacial score (nSPS) is 14.2. The lowest BCUT2D eigenvalue weighted by molar-refractivity contribution is 0.0913. The summed E-state index contributed by atoms with van der Waals surface area (Å²) in [4.78, 5) is 12.1. The molecular formula is C13H17BrClNO. The van der Waals surface area contributed by atoms with Crippen molar-refractivity contribution in [3.05, 3.63) is 34.3 Å². The second-order valence-electron chi connectivity index (χ2n) is 4.47. The Balaban J connectivity index is 2.86. The van der Waals surface area contributed by atoms with E-state index < -0.39 is 0 Å². The highest BCUT2D eigenvalue weighted by Gasteiger charge is 2.23. The Kier molecular flexibility index (Phi) is 5.02. The SMILES string of the molecule is CCC(C)(CBr)NC(=O)c1ccc(C)c(Cl)c1. The zero-order valence-corrected chi connectivity index (χ0v) is 12.7. The fourth-order valence-electron chi connectivity index (χ4n) is 1.30. The summed E-state index contributed by atoms with van der Waals surface area (Å²) in [6, 6.07) is 5.35. The van der Waals surface area contributed by atoms with Crippen molar-refractivity contribution in [1.82, 2.24) is 5.32 Å². The average molecular weight is 319 g/mol. The van der Waals surface area contributed by atoms with E-state index in [1.165, 1.54) is 0 Å². The topological polar surface area (TPSA) is 29.1 Å². The zero-order chi connectivity index (χ0) is 13.1. The highest BCUT2D eigenvalue weighted by Crippen LogP contribution is 2.18. The minimum absolute atomic E-state index is 0.0873. The standard InChI is InChI=1S/C13H17BrClNO/c1-4-13(3,8-14)16-12(17)10-6-5-9(2)11(15)7-10/h5-7H,4,8H2,1-3H3,(H,16,17). The fraction of sp³-hybridized carbons (Fsp3) is 0.462. The Labute approximate surface area is 116 Å². The van der Waals surface area contributed by atoms with E-state index in [2.05, 4.69) is 21.2 Å². The molecule has 17 heavy (non-hydrogen) atoms. The fourth-order valence-corrected chi connectivity index (χ4v) is 2.01. The van der Waals surface area contributed by atoms with Gasteiger partial charge in [-0.25, -0.2) is 0 Å². The van der Waals surface area contributed by atoms with Gasteiger partial charge in [0.15, 0.2) is 0 Å². The third kappa shape index (κ3) is 3.71. The summed E-state index contributed by atoms with van der Waals surface area (Å²) in [6.45, 7) is 5.97. The Morgan fingerprint density at radius 3 is 2.65 bits per heavy atom. The van der Waals surface area contributed by atoms with Crippen molar-refractivity contribution in [2.24, 2.45) is 0 Å². The van der Waals surface area contributed by atoms with Crippen molar-refractivity contribution in [2.75, 3.05) is 5.33 Å². The van der Waals surface area contributed by atoms with E-state index in [9.17, 15) is 4.79 Å². The first-order valence-corrected chi connectivity index (χ1v) is 7.06. The molecule has 1 aromatic rings. The van der Waals surface area contributed by atoms with Crippen molar-refractivity contribution >= 4 is 33.4 Å². The first-order chi connectivity index (χ1) is 7.91. The van der Waals surface area contributed by atoms with Crippen LogP contribution < -0.4 is 5.32 Å². The number of carbonyl (C=O) groups is 1. The molecule has 1 N–H and O–H groups in total. The summed E-state index contributed by atoms with van der Waals surface area (Å²) in [7, 11) is 0. The lowest BCUT2D eigenvalue weighted by Crippen LogP contribution is -2.46. The molecule has 1 amide bonds.